The summed E-state index contributed by atoms with van der Waals surface area (Å²) in [7, 11) is 0.482. The Morgan fingerprint density at radius 2 is 1.61 bits per heavy atom. The molecule has 0 aromatic heterocycles. The van der Waals surface area contributed by atoms with E-state index >= 15 is 0 Å². The Morgan fingerprint density at radius 1 is 0.964 bits per heavy atom. The molecule has 0 heterocycles. The Hall–Kier alpha value is -2.78. The highest BCUT2D eigenvalue weighted by atomic mass is 32.2. The van der Waals surface area contributed by atoms with Crippen molar-refractivity contribution in [1.29, 1.82) is 0 Å². The lowest BCUT2D eigenvalue weighted by atomic mass is 10.2. The van der Waals surface area contributed by atoms with E-state index in [1.54, 1.807) is 13.2 Å². The van der Waals surface area contributed by atoms with Crippen LogP contribution in [0.25, 0.3) is 0 Å². The molecule has 152 valence electrons. The number of para-hydroxylation sites is 1. The van der Waals surface area contributed by atoms with Crippen LogP contribution in [0.1, 0.15) is 12.5 Å². The number of amides is 1. The third-order valence-electron chi connectivity index (χ3n) is 4.04. The summed E-state index contributed by atoms with van der Waals surface area (Å²) in [5.41, 5.74) is 0.785. The third-order valence-corrected chi connectivity index (χ3v) is 5.57. The maximum absolute atomic E-state index is 12.6. The number of hydrogen-bond acceptors (Lipinski definition) is 6. The summed E-state index contributed by atoms with van der Waals surface area (Å²) in [6.45, 7) is 1.68. The monoisotopic (exact) mass is 408 g/mol. The number of carbonyl (C=O) groups excluding carboxylic acids is 1. The van der Waals surface area contributed by atoms with Crippen molar-refractivity contribution < 1.29 is 27.4 Å². The first-order valence-electron chi connectivity index (χ1n) is 8.46. The van der Waals surface area contributed by atoms with Gasteiger partial charge in [-0.25, -0.2) is 8.42 Å². The molecule has 28 heavy (non-hydrogen) atoms. The van der Waals surface area contributed by atoms with Crippen molar-refractivity contribution in [3.8, 4) is 17.2 Å². The van der Waals surface area contributed by atoms with Crippen molar-refractivity contribution in [2.45, 2.75) is 24.4 Å². The number of sulfonamides is 1. The summed E-state index contributed by atoms with van der Waals surface area (Å²) < 4.78 is 43.0. The molecule has 0 unspecified atom stereocenters. The lowest BCUT2D eigenvalue weighted by Crippen LogP contribution is -2.44. The number of benzene rings is 2. The van der Waals surface area contributed by atoms with Gasteiger partial charge in [-0.3, -0.25) is 4.79 Å². The number of ether oxygens (including phenoxy) is 3. The molecule has 2 N–H and O–H groups in total. The first-order valence-corrected chi connectivity index (χ1v) is 9.94. The fourth-order valence-electron chi connectivity index (χ4n) is 2.52. The quantitative estimate of drug-likeness (QED) is 0.655. The molecular weight excluding hydrogens is 384 g/mol. The molecule has 0 radical (unpaired) electrons. The second-order valence-electron chi connectivity index (χ2n) is 5.89. The second-order valence-corrected chi connectivity index (χ2v) is 7.60. The topological polar surface area (TPSA) is 103 Å². The maximum Gasteiger partial charge on any atom is 0.241 e. The first-order chi connectivity index (χ1) is 13.3. The van der Waals surface area contributed by atoms with Crippen LogP contribution >= 0.6 is 0 Å². The Kier molecular flexibility index (Phi) is 7.24. The van der Waals surface area contributed by atoms with Crippen molar-refractivity contribution >= 4 is 15.9 Å². The van der Waals surface area contributed by atoms with E-state index in [9.17, 15) is 13.2 Å². The van der Waals surface area contributed by atoms with Crippen molar-refractivity contribution in [3.63, 3.8) is 0 Å². The van der Waals surface area contributed by atoms with E-state index in [1.807, 2.05) is 18.2 Å². The lowest BCUT2D eigenvalue weighted by molar-refractivity contribution is -0.122. The van der Waals surface area contributed by atoms with Gasteiger partial charge in [0, 0.05) is 18.2 Å². The second kappa shape index (κ2) is 9.43. The van der Waals surface area contributed by atoms with Gasteiger partial charge in [0.1, 0.15) is 5.75 Å². The minimum absolute atomic E-state index is 0.0328. The molecule has 1 atom stereocenters. The van der Waals surface area contributed by atoms with Gasteiger partial charge < -0.3 is 19.5 Å². The van der Waals surface area contributed by atoms with Crippen molar-refractivity contribution in [2.75, 3.05) is 21.3 Å². The van der Waals surface area contributed by atoms with Crippen LogP contribution in [0.15, 0.2) is 47.4 Å². The zero-order valence-electron chi connectivity index (χ0n) is 16.2. The molecule has 0 aliphatic rings. The van der Waals surface area contributed by atoms with E-state index in [0.717, 1.165) is 5.56 Å². The SMILES string of the molecule is COc1ccccc1CNC(=O)[C@@H](C)NS(=O)(=O)c1ccc(OC)c(OC)c1. The maximum atomic E-state index is 12.6. The minimum Gasteiger partial charge on any atom is -0.496 e. The van der Waals surface area contributed by atoms with Gasteiger partial charge in [-0.1, -0.05) is 18.2 Å². The summed E-state index contributed by atoms with van der Waals surface area (Å²) in [5.74, 6) is 0.860. The fraction of sp³-hybridized carbons (Fsp3) is 0.316. The summed E-state index contributed by atoms with van der Waals surface area (Å²) in [6.07, 6.45) is 0. The van der Waals surface area contributed by atoms with Crippen LogP contribution in [-0.2, 0) is 21.4 Å². The summed E-state index contributed by atoms with van der Waals surface area (Å²) in [4.78, 5) is 12.3. The predicted molar refractivity (Wildman–Crippen MR) is 104 cm³/mol. The van der Waals surface area contributed by atoms with Crippen molar-refractivity contribution in [3.05, 3.63) is 48.0 Å². The molecule has 2 rings (SSSR count). The molecule has 0 spiro atoms. The Labute approximate surface area is 164 Å². The first kappa shape index (κ1) is 21.5. The van der Waals surface area contributed by atoms with Crippen LogP contribution in [0, 0.1) is 0 Å². The summed E-state index contributed by atoms with van der Waals surface area (Å²) in [5, 5.41) is 2.70. The third kappa shape index (κ3) is 5.14. The smallest absolute Gasteiger partial charge is 0.241 e. The van der Waals surface area contributed by atoms with E-state index in [-0.39, 0.29) is 17.2 Å². The van der Waals surface area contributed by atoms with Gasteiger partial charge in [0.05, 0.1) is 32.3 Å². The number of hydrogen-bond donors (Lipinski definition) is 2. The van der Waals surface area contributed by atoms with Gasteiger partial charge in [0.15, 0.2) is 11.5 Å². The highest BCUT2D eigenvalue weighted by Crippen LogP contribution is 2.29. The van der Waals surface area contributed by atoms with Crippen molar-refractivity contribution in [1.82, 2.24) is 10.0 Å². The highest BCUT2D eigenvalue weighted by molar-refractivity contribution is 7.89. The van der Waals surface area contributed by atoms with E-state index in [2.05, 4.69) is 10.0 Å². The minimum atomic E-state index is -3.93. The van der Waals surface area contributed by atoms with Crippen molar-refractivity contribution in [2.24, 2.45) is 0 Å². The summed E-state index contributed by atoms with van der Waals surface area (Å²) >= 11 is 0. The van der Waals surface area contributed by atoms with Gasteiger partial charge >= 0.3 is 0 Å². The van der Waals surface area contributed by atoms with Gasteiger partial charge in [0.2, 0.25) is 15.9 Å². The number of carbonyl (C=O) groups is 1. The van der Waals surface area contributed by atoms with Crippen LogP contribution in [0.2, 0.25) is 0 Å². The molecule has 1 amide bonds. The summed E-state index contributed by atoms with van der Waals surface area (Å²) in [6, 6.07) is 10.5. The average Bonchev–Trinajstić information content (AvgIpc) is 2.71. The average molecular weight is 408 g/mol. The fourth-order valence-corrected chi connectivity index (χ4v) is 3.74. The number of nitrogens with one attached hydrogen (secondary N) is 2. The van der Waals surface area contributed by atoms with Crippen LogP contribution < -0.4 is 24.2 Å². The molecule has 9 heteroatoms. The predicted octanol–water partition coefficient (Wildman–Crippen LogP) is 1.70. The van der Waals surface area contributed by atoms with Crippen LogP contribution in [0.5, 0.6) is 17.2 Å². The van der Waals surface area contributed by atoms with Crippen LogP contribution in [0.3, 0.4) is 0 Å². The van der Waals surface area contributed by atoms with Gasteiger partial charge in [-0.05, 0) is 25.1 Å². The zero-order valence-corrected chi connectivity index (χ0v) is 17.0. The Morgan fingerprint density at radius 3 is 2.25 bits per heavy atom. The van der Waals surface area contributed by atoms with Gasteiger partial charge in [-0.15, -0.1) is 0 Å². The molecule has 0 aliphatic carbocycles. The van der Waals surface area contributed by atoms with Crippen LogP contribution in [-0.4, -0.2) is 41.7 Å². The van der Waals surface area contributed by atoms with E-state index < -0.39 is 22.0 Å². The molecule has 2 aromatic rings. The van der Waals surface area contributed by atoms with E-state index in [1.165, 1.54) is 39.3 Å². The Bertz CT molecular complexity index is 930. The molecule has 0 saturated carbocycles. The molecule has 0 saturated heterocycles. The molecular formula is C19H24N2O6S. The number of rotatable bonds is 9. The van der Waals surface area contributed by atoms with Crippen LogP contribution in [0.4, 0.5) is 0 Å². The molecule has 0 fully saturated rings. The van der Waals surface area contributed by atoms with Gasteiger partial charge in [0.25, 0.3) is 0 Å². The molecule has 0 bridgehead atoms. The Balaban J connectivity index is 2.06. The van der Waals surface area contributed by atoms with E-state index in [4.69, 9.17) is 14.2 Å². The molecule has 0 aliphatic heterocycles. The standard InChI is InChI=1S/C19H24N2O6S/c1-13(19(22)20-12-14-7-5-6-8-16(14)25-2)21-28(23,24)15-9-10-17(26-3)18(11-15)27-4/h5-11,13,21H,12H2,1-4H3,(H,20,22)/t13-/m1/s1. The van der Waals surface area contributed by atoms with Gasteiger partial charge in [-0.2, -0.15) is 4.72 Å². The normalized spacial score (nSPS) is 12.1. The van der Waals surface area contributed by atoms with E-state index in [0.29, 0.717) is 11.5 Å². The lowest BCUT2D eigenvalue weighted by Gasteiger charge is -2.16. The molecule has 8 nitrogen and oxygen atoms in total. The number of methoxy groups -OCH3 is 3. The highest BCUT2D eigenvalue weighted by Gasteiger charge is 2.23. The molecule has 2 aromatic carbocycles. The zero-order chi connectivity index (χ0) is 20.7. The largest absolute Gasteiger partial charge is 0.496 e.